The molecule has 0 fully saturated rings. The van der Waals surface area contributed by atoms with Crippen LogP contribution in [0.3, 0.4) is 0 Å². The van der Waals surface area contributed by atoms with Crippen LogP contribution in [0.25, 0.3) is 27.6 Å². The van der Waals surface area contributed by atoms with Crippen molar-refractivity contribution in [3.63, 3.8) is 0 Å². The van der Waals surface area contributed by atoms with Crippen LogP contribution in [0.15, 0.2) is 206 Å². The summed E-state index contributed by atoms with van der Waals surface area (Å²) in [6, 6.07) is 79.8. The van der Waals surface area contributed by atoms with E-state index in [1.54, 1.807) is 0 Å². The molecule has 0 spiro atoms. The predicted molar refractivity (Wildman–Crippen MR) is 288 cm³/mol. The molecular formula is C64H56N5Pt-3. The van der Waals surface area contributed by atoms with Crippen molar-refractivity contribution in [2.45, 2.75) is 64.7 Å². The summed E-state index contributed by atoms with van der Waals surface area (Å²) in [6.07, 6.45) is 1.93. The van der Waals surface area contributed by atoms with Crippen LogP contribution in [0.4, 0.5) is 39.8 Å². The zero-order valence-corrected chi connectivity index (χ0v) is 43.0. The Kier molecular flexibility index (Phi) is 12.1. The van der Waals surface area contributed by atoms with Crippen molar-refractivity contribution in [1.29, 1.82) is 0 Å². The average molecular weight is 1090 g/mol. The van der Waals surface area contributed by atoms with Gasteiger partial charge in [0.1, 0.15) is 5.82 Å². The predicted octanol–water partition coefficient (Wildman–Crippen LogP) is 16.6. The Morgan fingerprint density at radius 1 is 0.471 bits per heavy atom. The van der Waals surface area contributed by atoms with Crippen LogP contribution in [-0.2, 0) is 37.3 Å². The second kappa shape index (κ2) is 18.3. The normalized spacial score (nSPS) is 12.8. The number of benzene rings is 8. The van der Waals surface area contributed by atoms with Crippen molar-refractivity contribution in [2.24, 2.45) is 0 Å². The zero-order chi connectivity index (χ0) is 47.5. The van der Waals surface area contributed by atoms with Crippen LogP contribution < -0.4 is 14.7 Å². The molecule has 0 amide bonds. The molecule has 0 radical (unpaired) electrons. The van der Waals surface area contributed by atoms with Gasteiger partial charge in [0.2, 0.25) is 0 Å². The zero-order valence-electron chi connectivity index (χ0n) is 40.8. The van der Waals surface area contributed by atoms with Gasteiger partial charge in [-0.1, -0.05) is 181 Å². The van der Waals surface area contributed by atoms with E-state index >= 15 is 0 Å². The molecule has 70 heavy (non-hydrogen) atoms. The fourth-order valence-electron chi connectivity index (χ4n) is 9.98. The number of rotatable bonds is 10. The van der Waals surface area contributed by atoms with Crippen LogP contribution in [0.2, 0.25) is 0 Å². The van der Waals surface area contributed by atoms with Crippen LogP contribution in [0, 0.1) is 18.8 Å². The summed E-state index contributed by atoms with van der Waals surface area (Å²) in [7, 11) is 0. The maximum Gasteiger partial charge on any atom is 0.135 e. The molecule has 0 bridgehead atoms. The number of aromatic nitrogens is 2. The molecule has 5 nitrogen and oxygen atoms in total. The van der Waals surface area contributed by atoms with Crippen molar-refractivity contribution in [3.05, 3.63) is 253 Å². The molecular weight excluding hydrogens is 1030 g/mol. The second-order valence-corrected chi connectivity index (χ2v) is 20.3. The molecule has 0 aliphatic carbocycles. The molecule has 0 unspecified atom stereocenters. The van der Waals surface area contributed by atoms with Crippen molar-refractivity contribution in [3.8, 4) is 5.82 Å². The minimum atomic E-state index is -0.262. The summed E-state index contributed by atoms with van der Waals surface area (Å²) in [5, 5.41) is 2.29. The van der Waals surface area contributed by atoms with E-state index in [1.807, 2.05) is 6.20 Å². The van der Waals surface area contributed by atoms with Gasteiger partial charge in [-0.3, -0.25) is 0 Å². The summed E-state index contributed by atoms with van der Waals surface area (Å²) in [5.74, 6) is 0.875. The van der Waals surface area contributed by atoms with E-state index in [9.17, 15) is 0 Å². The van der Waals surface area contributed by atoms with Crippen LogP contribution in [0.5, 0.6) is 0 Å². The molecule has 1 aliphatic rings. The molecule has 2 aromatic heterocycles. The van der Waals surface area contributed by atoms with E-state index in [2.05, 4.69) is 287 Å². The van der Waals surface area contributed by atoms with Crippen LogP contribution in [-0.4, -0.2) is 9.55 Å². The quantitative estimate of drug-likeness (QED) is 0.128. The van der Waals surface area contributed by atoms with Gasteiger partial charge < -0.3 is 19.3 Å². The molecule has 0 atom stereocenters. The molecule has 11 rings (SSSR count). The van der Waals surface area contributed by atoms with Crippen molar-refractivity contribution < 1.29 is 21.1 Å². The number of hydrogen-bond acceptors (Lipinski definition) is 4. The summed E-state index contributed by atoms with van der Waals surface area (Å²) in [5.41, 5.74) is 14.8. The molecule has 350 valence electrons. The van der Waals surface area contributed by atoms with Gasteiger partial charge in [-0.2, -0.15) is 12.1 Å². The number of nitrogens with zero attached hydrogens (tertiary/aromatic N) is 5. The molecule has 0 saturated heterocycles. The fourth-order valence-corrected chi connectivity index (χ4v) is 9.98. The molecule has 0 saturated carbocycles. The fraction of sp³-hybridized carbons (Fsp3) is 0.156. The SMILES string of the molecule is CC(C)(C)c1ccnc(-n2c3[c-]c(N(c4[c-]c(N5[CH-]N(c6cc(C(C)(C)c7ccccc7)cc(C(C)(C)c7ccccc7)c6)c6ccccc65)ccc4)c4ccccc4)ccc3c3ccccc32)c1.[Pt]. The largest absolute Gasteiger partial charge is 0.493 e. The Bertz CT molecular complexity index is 3410. The second-order valence-electron chi connectivity index (χ2n) is 20.3. The number of anilines is 7. The van der Waals surface area contributed by atoms with E-state index in [0.717, 1.165) is 67.4 Å². The smallest absolute Gasteiger partial charge is 0.135 e. The monoisotopic (exact) mass is 1090 g/mol. The van der Waals surface area contributed by atoms with Crippen molar-refractivity contribution in [1.82, 2.24) is 9.55 Å². The molecule has 0 N–H and O–H groups in total. The number of pyridine rings is 1. The first kappa shape index (κ1) is 46.5. The molecule has 10 aromatic rings. The topological polar surface area (TPSA) is 27.5 Å². The first-order valence-electron chi connectivity index (χ1n) is 24.0. The van der Waals surface area contributed by atoms with Gasteiger partial charge >= 0.3 is 0 Å². The molecule has 6 heteroatoms. The van der Waals surface area contributed by atoms with E-state index in [1.165, 1.54) is 27.8 Å². The van der Waals surface area contributed by atoms with E-state index in [4.69, 9.17) is 4.98 Å². The number of fused-ring (bicyclic) bond motifs is 4. The summed E-state index contributed by atoms with van der Waals surface area (Å²) in [4.78, 5) is 11.8. The Morgan fingerprint density at radius 3 is 1.69 bits per heavy atom. The minimum absolute atomic E-state index is 0. The van der Waals surface area contributed by atoms with Gasteiger partial charge in [0, 0.05) is 66.4 Å². The Labute approximate surface area is 428 Å². The van der Waals surface area contributed by atoms with E-state index in [-0.39, 0.29) is 37.3 Å². The van der Waals surface area contributed by atoms with Gasteiger partial charge in [-0.05, 0) is 93.2 Å². The maximum atomic E-state index is 4.96. The van der Waals surface area contributed by atoms with Crippen LogP contribution >= 0.6 is 0 Å². The third kappa shape index (κ3) is 8.30. The number of hydrogen-bond donors (Lipinski definition) is 0. The summed E-state index contributed by atoms with van der Waals surface area (Å²) >= 11 is 0. The minimum Gasteiger partial charge on any atom is -0.493 e. The van der Waals surface area contributed by atoms with Crippen molar-refractivity contribution in [2.75, 3.05) is 14.7 Å². The van der Waals surface area contributed by atoms with Gasteiger partial charge in [0.15, 0.2) is 0 Å². The van der Waals surface area contributed by atoms with Crippen molar-refractivity contribution >= 4 is 61.6 Å². The van der Waals surface area contributed by atoms with Gasteiger partial charge in [0.05, 0.1) is 0 Å². The first-order valence-corrected chi connectivity index (χ1v) is 24.0. The van der Waals surface area contributed by atoms with Gasteiger partial charge in [-0.25, -0.2) is 4.98 Å². The van der Waals surface area contributed by atoms with E-state index in [0.29, 0.717) is 0 Å². The molecule has 3 heterocycles. The Morgan fingerprint density at radius 2 is 1.04 bits per heavy atom. The van der Waals surface area contributed by atoms with Gasteiger partial charge in [0.25, 0.3) is 0 Å². The number of para-hydroxylation sites is 4. The molecule has 1 aliphatic heterocycles. The average Bonchev–Trinajstić information content (AvgIpc) is 3.93. The maximum absolute atomic E-state index is 4.96. The van der Waals surface area contributed by atoms with E-state index < -0.39 is 0 Å². The van der Waals surface area contributed by atoms with Crippen LogP contribution in [0.1, 0.15) is 76.3 Å². The third-order valence-corrected chi connectivity index (χ3v) is 14.2. The Balaban J connectivity index is 0.00000567. The third-order valence-electron chi connectivity index (χ3n) is 14.2. The summed E-state index contributed by atoms with van der Waals surface area (Å²) in [6.45, 7) is 18.3. The summed E-state index contributed by atoms with van der Waals surface area (Å²) < 4.78 is 2.26. The first-order chi connectivity index (χ1) is 33.4. The Hall–Kier alpha value is -7.20. The standard InChI is InChI=1S/C64H56N5.Pt/c1-62(2,3)47-36-37-65-61(41-47)69-57-31-18-17-30-55(57)56-35-34-53(43-60(56)69)68(50-26-15-10-16-27-50)52-29-21-28-51(42-52)66-44-67(59-33-20-19-32-58(59)66)54-39-48(63(4,5)45-22-11-8-12-23-45)38-49(40-54)64(6,7)46-24-13-9-14-25-46;/h8-41,44H,1-7H3;/q-3;. The molecule has 8 aromatic carbocycles. The van der Waals surface area contributed by atoms with Gasteiger partial charge in [-0.15, -0.1) is 48.1 Å².